The molecule has 0 bridgehead atoms. The number of pyridine rings is 2. The Hall–Kier alpha value is -3.52. The lowest BCUT2D eigenvalue weighted by Gasteiger charge is -2.26. The van der Waals surface area contributed by atoms with Crippen molar-refractivity contribution in [2.45, 2.75) is 52.0 Å². The van der Waals surface area contributed by atoms with Gasteiger partial charge in [-0.05, 0) is 60.8 Å². The highest BCUT2D eigenvalue weighted by Gasteiger charge is 2.24. The van der Waals surface area contributed by atoms with E-state index >= 15 is 0 Å². The highest BCUT2D eigenvalue weighted by Crippen LogP contribution is 2.34. The molecule has 4 heterocycles. The summed E-state index contributed by atoms with van der Waals surface area (Å²) in [6, 6.07) is 5.86. The second-order valence-corrected chi connectivity index (χ2v) is 10.2. The van der Waals surface area contributed by atoms with Crippen LogP contribution < -0.4 is 5.73 Å². The number of hydrogen-bond donors (Lipinski definition) is 2. The number of nitrogens with two attached hydrogens (primary N) is 1. The van der Waals surface area contributed by atoms with Crippen molar-refractivity contribution < 1.29 is 5.21 Å². The van der Waals surface area contributed by atoms with Gasteiger partial charge in [-0.15, -0.1) is 0 Å². The Morgan fingerprint density at radius 1 is 1.14 bits per heavy atom. The van der Waals surface area contributed by atoms with Gasteiger partial charge in [-0.25, -0.2) is 9.97 Å². The van der Waals surface area contributed by atoms with Gasteiger partial charge in [-0.1, -0.05) is 42.6 Å². The Kier molecular flexibility index (Phi) is 7.13. The van der Waals surface area contributed by atoms with Crippen molar-refractivity contribution in [1.82, 2.24) is 24.5 Å². The monoisotopic (exact) mass is 503 g/mol. The smallest absolute Gasteiger partial charge is 0.208 e. The summed E-state index contributed by atoms with van der Waals surface area (Å²) in [6.45, 7) is 3.23. The third kappa shape index (κ3) is 5.18. The van der Waals surface area contributed by atoms with Crippen LogP contribution in [-0.4, -0.2) is 35.5 Å². The van der Waals surface area contributed by atoms with Crippen LogP contribution in [0.1, 0.15) is 49.6 Å². The second kappa shape index (κ2) is 10.6. The van der Waals surface area contributed by atoms with Gasteiger partial charge in [0, 0.05) is 43.1 Å². The highest BCUT2D eigenvalue weighted by atomic mass is 35.5. The third-order valence-electron chi connectivity index (χ3n) is 7.10. The van der Waals surface area contributed by atoms with E-state index in [1.807, 2.05) is 18.3 Å². The van der Waals surface area contributed by atoms with Crippen molar-refractivity contribution in [2.75, 3.05) is 0 Å². The molecule has 36 heavy (non-hydrogen) atoms. The fraction of sp³-hybridized carbons (Fsp3) is 0.370. The molecular weight excluding hydrogens is 474 g/mol. The predicted octanol–water partition coefficient (Wildman–Crippen LogP) is 5.25. The van der Waals surface area contributed by atoms with Crippen molar-refractivity contribution in [3.63, 3.8) is 0 Å². The molecule has 5 rings (SSSR count). The lowest BCUT2D eigenvalue weighted by atomic mass is 9.83. The summed E-state index contributed by atoms with van der Waals surface area (Å²) in [5.74, 6) is 1.42. The summed E-state index contributed by atoms with van der Waals surface area (Å²) < 4.78 is 2.29. The molecule has 0 saturated heterocycles. The number of aromatic nitrogens is 5. The van der Waals surface area contributed by atoms with E-state index in [2.05, 4.69) is 38.9 Å². The number of nitrogens with zero attached hydrogens (tertiary/aromatic N) is 6. The largest absolute Gasteiger partial charge is 0.409 e. The molecule has 4 aromatic rings. The SMILES string of the molecule is CC1CCC(Cn2cc(CCc3cccnc3)c3nc(/C(N)=N/O)nc(-c4cncc(Cl)c4)c32)CC1. The minimum Gasteiger partial charge on any atom is -0.409 e. The summed E-state index contributed by atoms with van der Waals surface area (Å²) in [5.41, 5.74) is 11.4. The van der Waals surface area contributed by atoms with Crippen molar-refractivity contribution in [1.29, 1.82) is 0 Å². The highest BCUT2D eigenvalue weighted by molar-refractivity contribution is 6.30. The molecule has 1 saturated carbocycles. The molecule has 0 atom stereocenters. The molecule has 8 nitrogen and oxygen atoms in total. The third-order valence-corrected chi connectivity index (χ3v) is 7.31. The lowest BCUT2D eigenvalue weighted by molar-refractivity contribution is 0.267. The molecule has 0 amide bonds. The van der Waals surface area contributed by atoms with Crippen molar-refractivity contribution in [3.05, 3.63) is 71.2 Å². The molecule has 0 radical (unpaired) electrons. The van der Waals surface area contributed by atoms with E-state index in [4.69, 9.17) is 27.3 Å². The topological polar surface area (TPSA) is 115 Å². The summed E-state index contributed by atoms with van der Waals surface area (Å²) in [5, 5.41) is 13.0. The minimum atomic E-state index is -0.139. The molecule has 4 aromatic heterocycles. The summed E-state index contributed by atoms with van der Waals surface area (Å²) in [7, 11) is 0. The van der Waals surface area contributed by atoms with Gasteiger partial charge in [-0.3, -0.25) is 9.97 Å². The fourth-order valence-electron chi connectivity index (χ4n) is 5.11. The number of fused-ring (bicyclic) bond motifs is 1. The molecule has 0 unspecified atom stereocenters. The fourth-order valence-corrected chi connectivity index (χ4v) is 5.28. The predicted molar refractivity (Wildman–Crippen MR) is 141 cm³/mol. The summed E-state index contributed by atoms with van der Waals surface area (Å²) in [6.07, 6.45) is 15.7. The number of rotatable bonds is 7. The summed E-state index contributed by atoms with van der Waals surface area (Å²) >= 11 is 6.30. The van der Waals surface area contributed by atoms with Gasteiger partial charge in [0.05, 0.1) is 16.1 Å². The van der Waals surface area contributed by atoms with E-state index in [-0.39, 0.29) is 11.7 Å². The van der Waals surface area contributed by atoms with E-state index in [0.29, 0.717) is 16.6 Å². The van der Waals surface area contributed by atoms with Crippen LogP contribution in [0.25, 0.3) is 22.3 Å². The maximum absolute atomic E-state index is 9.37. The van der Waals surface area contributed by atoms with E-state index in [9.17, 15) is 5.21 Å². The van der Waals surface area contributed by atoms with Crippen LogP contribution in [0.4, 0.5) is 0 Å². The van der Waals surface area contributed by atoms with E-state index in [1.54, 1.807) is 18.6 Å². The Bertz CT molecular complexity index is 1380. The van der Waals surface area contributed by atoms with Crippen LogP contribution in [0.2, 0.25) is 5.02 Å². The first-order valence-corrected chi connectivity index (χ1v) is 12.8. The van der Waals surface area contributed by atoms with E-state index in [1.165, 1.54) is 25.7 Å². The normalized spacial score (nSPS) is 18.6. The van der Waals surface area contributed by atoms with Crippen molar-refractivity contribution in [3.8, 4) is 11.3 Å². The standard InChI is InChI=1S/C27H30ClN7O/c1-17-4-6-19(7-5-17)15-35-16-20(9-8-18-3-2-10-30-12-18)23-25(35)24(21-11-22(28)14-31-13-21)33-27(32-23)26(29)34-36/h2-3,10-14,16-17,19,36H,4-9,15H2,1H3,(H2,29,34). The number of hydrogen-bond acceptors (Lipinski definition) is 6. The molecule has 1 fully saturated rings. The first kappa shape index (κ1) is 24.2. The van der Waals surface area contributed by atoms with Crippen LogP contribution in [0.15, 0.2) is 54.3 Å². The molecule has 0 spiro atoms. The lowest BCUT2D eigenvalue weighted by Crippen LogP contribution is -2.19. The minimum absolute atomic E-state index is 0.139. The Balaban J connectivity index is 1.65. The summed E-state index contributed by atoms with van der Waals surface area (Å²) in [4.78, 5) is 18.0. The molecule has 0 aliphatic heterocycles. The zero-order chi connectivity index (χ0) is 25.1. The number of amidine groups is 1. The number of aryl methyl sites for hydroxylation is 2. The van der Waals surface area contributed by atoms with Crippen LogP contribution in [-0.2, 0) is 19.4 Å². The molecule has 1 aliphatic rings. The van der Waals surface area contributed by atoms with Gasteiger partial charge < -0.3 is 15.5 Å². The van der Waals surface area contributed by atoms with E-state index < -0.39 is 0 Å². The molecule has 9 heteroatoms. The first-order chi connectivity index (χ1) is 17.5. The van der Waals surface area contributed by atoms with Gasteiger partial charge in [0.2, 0.25) is 5.84 Å². The van der Waals surface area contributed by atoms with E-state index in [0.717, 1.165) is 53.0 Å². The van der Waals surface area contributed by atoms with Gasteiger partial charge in [0.1, 0.15) is 5.69 Å². The van der Waals surface area contributed by atoms with Gasteiger partial charge in [-0.2, -0.15) is 0 Å². The Morgan fingerprint density at radius 3 is 2.69 bits per heavy atom. The zero-order valence-corrected chi connectivity index (χ0v) is 21.1. The zero-order valence-electron chi connectivity index (χ0n) is 20.3. The van der Waals surface area contributed by atoms with Crippen LogP contribution in [0, 0.1) is 11.8 Å². The Labute approximate surface area is 215 Å². The van der Waals surface area contributed by atoms with Crippen LogP contribution in [0.3, 0.4) is 0 Å². The average molecular weight is 504 g/mol. The first-order valence-electron chi connectivity index (χ1n) is 12.4. The van der Waals surface area contributed by atoms with Crippen molar-refractivity contribution in [2.24, 2.45) is 22.7 Å². The maximum Gasteiger partial charge on any atom is 0.208 e. The Morgan fingerprint density at radius 2 is 1.97 bits per heavy atom. The van der Waals surface area contributed by atoms with Crippen LogP contribution >= 0.6 is 11.6 Å². The molecular formula is C27H30ClN7O. The maximum atomic E-state index is 9.37. The molecule has 186 valence electrons. The van der Waals surface area contributed by atoms with Gasteiger partial charge in [0.15, 0.2) is 5.82 Å². The van der Waals surface area contributed by atoms with Gasteiger partial charge in [0.25, 0.3) is 0 Å². The number of oxime groups is 1. The number of halogens is 1. The molecule has 0 aromatic carbocycles. The molecule has 3 N–H and O–H groups in total. The second-order valence-electron chi connectivity index (χ2n) is 9.76. The average Bonchev–Trinajstić information content (AvgIpc) is 3.25. The van der Waals surface area contributed by atoms with Crippen LogP contribution in [0.5, 0.6) is 0 Å². The quantitative estimate of drug-likeness (QED) is 0.154. The van der Waals surface area contributed by atoms with Crippen molar-refractivity contribution >= 4 is 28.5 Å². The molecule has 1 aliphatic carbocycles. The van der Waals surface area contributed by atoms with Gasteiger partial charge >= 0.3 is 0 Å².